The van der Waals surface area contributed by atoms with E-state index in [2.05, 4.69) is 24.1 Å². The van der Waals surface area contributed by atoms with Gasteiger partial charge in [0.2, 0.25) is 0 Å². The first-order valence-corrected chi connectivity index (χ1v) is 7.48. The minimum absolute atomic E-state index is 0.0763. The molecule has 1 unspecified atom stereocenters. The number of anilines is 1. The molecular formula is C16H25FN2. The van der Waals surface area contributed by atoms with Gasteiger partial charge in [0.1, 0.15) is 5.82 Å². The maximum Gasteiger partial charge on any atom is 0.146 e. The fourth-order valence-electron chi connectivity index (χ4n) is 2.88. The van der Waals surface area contributed by atoms with Gasteiger partial charge in [0.05, 0.1) is 5.69 Å². The first-order chi connectivity index (χ1) is 9.24. The molecule has 1 aromatic carbocycles. The van der Waals surface area contributed by atoms with Gasteiger partial charge in [-0.15, -0.1) is 0 Å². The third kappa shape index (κ3) is 3.69. The molecule has 0 spiro atoms. The zero-order valence-corrected chi connectivity index (χ0v) is 12.1. The lowest BCUT2D eigenvalue weighted by molar-refractivity contribution is 0.529. The van der Waals surface area contributed by atoms with Gasteiger partial charge in [0, 0.05) is 19.6 Å². The van der Waals surface area contributed by atoms with Gasteiger partial charge < -0.3 is 10.2 Å². The number of nitrogens with zero attached hydrogens (tertiary/aromatic N) is 1. The normalized spacial score (nSPS) is 19.1. The van der Waals surface area contributed by atoms with Gasteiger partial charge in [-0.05, 0) is 43.0 Å². The van der Waals surface area contributed by atoms with E-state index in [0.717, 1.165) is 43.3 Å². The largest absolute Gasteiger partial charge is 0.369 e. The van der Waals surface area contributed by atoms with Crippen LogP contribution in [-0.2, 0) is 6.54 Å². The Morgan fingerprint density at radius 2 is 2.21 bits per heavy atom. The second kappa shape index (κ2) is 6.90. The summed E-state index contributed by atoms with van der Waals surface area (Å²) in [5, 5.41) is 3.22. The van der Waals surface area contributed by atoms with Crippen LogP contribution in [0.4, 0.5) is 10.1 Å². The average molecular weight is 264 g/mol. The van der Waals surface area contributed by atoms with Crippen LogP contribution in [0.2, 0.25) is 0 Å². The van der Waals surface area contributed by atoms with Gasteiger partial charge >= 0.3 is 0 Å². The number of hydrogen-bond donors (Lipinski definition) is 1. The molecule has 2 nitrogen and oxygen atoms in total. The highest BCUT2D eigenvalue weighted by molar-refractivity contribution is 5.50. The molecule has 1 atom stereocenters. The Balaban J connectivity index is 2.01. The van der Waals surface area contributed by atoms with Crippen molar-refractivity contribution in [1.82, 2.24) is 5.32 Å². The van der Waals surface area contributed by atoms with E-state index in [-0.39, 0.29) is 5.82 Å². The van der Waals surface area contributed by atoms with Crippen LogP contribution in [0.5, 0.6) is 0 Å². The summed E-state index contributed by atoms with van der Waals surface area (Å²) in [7, 11) is 0. The molecule has 1 aliphatic heterocycles. The minimum Gasteiger partial charge on any atom is -0.369 e. The van der Waals surface area contributed by atoms with Crippen LogP contribution in [-0.4, -0.2) is 19.6 Å². The van der Waals surface area contributed by atoms with Crippen LogP contribution in [0.25, 0.3) is 0 Å². The summed E-state index contributed by atoms with van der Waals surface area (Å²) < 4.78 is 14.2. The summed E-state index contributed by atoms with van der Waals surface area (Å²) in [4.78, 5) is 2.20. The van der Waals surface area contributed by atoms with E-state index in [4.69, 9.17) is 0 Å². The lowest BCUT2D eigenvalue weighted by Gasteiger charge is -2.20. The van der Waals surface area contributed by atoms with Crippen molar-refractivity contribution in [3.63, 3.8) is 0 Å². The van der Waals surface area contributed by atoms with Crippen molar-refractivity contribution < 1.29 is 4.39 Å². The quantitative estimate of drug-likeness (QED) is 0.845. The third-order valence-electron chi connectivity index (χ3n) is 3.91. The van der Waals surface area contributed by atoms with Crippen molar-refractivity contribution in [2.24, 2.45) is 5.92 Å². The molecule has 1 N–H and O–H groups in total. The number of benzene rings is 1. The zero-order valence-electron chi connectivity index (χ0n) is 12.1. The van der Waals surface area contributed by atoms with Crippen molar-refractivity contribution >= 4 is 5.69 Å². The first kappa shape index (κ1) is 14.3. The first-order valence-electron chi connectivity index (χ1n) is 7.48. The topological polar surface area (TPSA) is 15.3 Å². The highest BCUT2D eigenvalue weighted by Crippen LogP contribution is 2.28. The van der Waals surface area contributed by atoms with E-state index >= 15 is 0 Å². The molecule has 1 aromatic rings. The molecule has 0 aromatic heterocycles. The maximum atomic E-state index is 14.2. The van der Waals surface area contributed by atoms with E-state index in [0.29, 0.717) is 0 Å². The Hall–Kier alpha value is -1.09. The molecule has 106 valence electrons. The summed E-state index contributed by atoms with van der Waals surface area (Å²) in [5.41, 5.74) is 1.80. The lowest BCUT2D eigenvalue weighted by Crippen LogP contribution is -2.21. The second-order valence-electron chi connectivity index (χ2n) is 5.46. The van der Waals surface area contributed by atoms with Gasteiger partial charge in [-0.1, -0.05) is 26.3 Å². The molecule has 0 amide bonds. The molecule has 0 radical (unpaired) electrons. The van der Waals surface area contributed by atoms with Crippen LogP contribution in [0, 0.1) is 11.7 Å². The van der Waals surface area contributed by atoms with Crippen molar-refractivity contribution in [2.45, 2.75) is 39.7 Å². The highest BCUT2D eigenvalue weighted by Gasteiger charge is 2.23. The fraction of sp³-hybridized carbons (Fsp3) is 0.625. The Labute approximate surface area is 116 Å². The molecule has 3 heteroatoms. The molecular weight excluding hydrogens is 239 g/mol. The zero-order chi connectivity index (χ0) is 13.7. The smallest absolute Gasteiger partial charge is 0.146 e. The lowest BCUT2D eigenvalue weighted by atomic mass is 10.0. The Kier molecular flexibility index (Phi) is 5.20. The average Bonchev–Trinajstić information content (AvgIpc) is 2.85. The maximum absolute atomic E-state index is 14.2. The standard InChI is InChI=1S/C16H25FN2/c1-3-5-13-8-9-19(12-13)16-7-6-14(10-15(16)17)11-18-4-2/h6-7,10,13,18H,3-5,8-9,11-12H2,1-2H3. The van der Waals surface area contributed by atoms with Gasteiger partial charge in [-0.2, -0.15) is 0 Å². The Morgan fingerprint density at radius 1 is 1.37 bits per heavy atom. The second-order valence-corrected chi connectivity index (χ2v) is 5.46. The van der Waals surface area contributed by atoms with E-state index < -0.39 is 0 Å². The molecule has 1 saturated heterocycles. The predicted octanol–water partition coefficient (Wildman–Crippen LogP) is 3.56. The van der Waals surface area contributed by atoms with Crippen LogP contribution in [0.3, 0.4) is 0 Å². The Morgan fingerprint density at radius 3 is 2.89 bits per heavy atom. The van der Waals surface area contributed by atoms with E-state index in [1.165, 1.54) is 19.3 Å². The van der Waals surface area contributed by atoms with Crippen LogP contribution in [0.15, 0.2) is 18.2 Å². The number of nitrogens with one attached hydrogen (secondary N) is 1. The molecule has 19 heavy (non-hydrogen) atoms. The van der Waals surface area contributed by atoms with Gasteiger partial charge in [-0.25, -0.2) is 4.39 Å². The summed E-state index contributed by atoms with van der Waals surface area (Å²) >= 11 is 0. The summed E-state index contributed by atoms with van der Waals surface area (Å²) in [6, 6.07) is 5.65. The van der Waals surface area contributed by atoms with Crippen LogP contribution < -0.4 is 10.2 Å². The predicted molar refractivity (Wildman–Crippen MR) is 79.0 cm³/mol. The Bertz CT molecular complexity index is 406. The highest BCUT2D eigenvalue weighted by atomic mass is 19.1. The van der Waals surface area contributed by atoms with Gasteiger partial charge in [0.25, 0.3) is 0 Å². The molecule has 1 fully saturated rings. The van der Waals surface area contributed by atoms with Crippen molar-refractivity contribution in [3.8, 4) is 0 Å². The van der Waals surface area contributed by atoms with Crippen molar-refractivity contribution in [2.75, 3.05) is 24.5 Å². The summed E-state index contributed by atoms with van der Waals surface area (Å²) in [5.74, 6) is 0.665. The molecule has 0 aliphatic carbocycles. The SMILES string of the molecule is CCCC1CCN(c2ccc(CNCC)cc2F)C1. The summed E-state index contributed by atoms with van der Waals surface area (Å²) in [6.45, 7) is 7.94. The molecule has 2 rings (SSSR count). The summed E-state index contributed by atoms with van der Waals surface area (Å²) in [6.07, 6.45) is 3.69. The third-order valence-corrected chi connectivity index (χ3v) is 3.91. The molecule has 0 saturated carbocycles. The van der Waals surface area contributed by atoms with Gasteiger partial charge in [0.15, 0.2) is 0 Å². The number of hydrogen-bond acceptors (Lipinski definition) is 2. The number of rotatable bonds is 6. The van der Waals surface area contributed by atoms with Crippen molar-refractivity contribution in [3.05, 3.63) is 29.6 Å². The van der Waals surface area contributed by atoms with Gasteiger partial charge in [-0.3, -0.25) is 0 Å². The van der Waals surface area contributed by atoms with E-state index in [1.807, 2.05) is 12.1 Å². The monoisotopic (exact) mass is 264 g/mol. The molecule has 1 heterocycles. The number of halogens is 1. The minimum atomic E-state index is -0.0763. The van der Waals surface area contributed by atoms with E-state index in [1.54, 1.807) is 6.07 Å². The van der Waals surface area contributed by atoms with Crippen LogP contribution >= 0.6 is 0 Å². The molecule has 0 bridgehead atoms. The molecule has 1 aliphatic rings. The van der Waals surface area contributed by atoms with E-state index in [9.17, 15) is 4.39 Å². The fourth-order valence-corrected chi connectivity index (χ4v) is 2.88. The van der Waals surface area contributed by atoms with Crippen molar-refractivity contribution in [1.29, 1.82) is 0 Å². The van der Waals surface area contributed by atoms with Crippen LogP contribution in [0.1, 0.15) is 38.7 Å².